The van der Waals surface area contributed by atoms with Gasteiger partial charge in [-0.25, -0.2) is 4.98 Å². The number of thiazole rings is 1. The van der Waals surface area contributed by atoms with E-state index in [0.29, 0.717) is 5.91 Å². The summed E-state index contributed by atoms with van der Waals surface area (Å²) in [5.74, 6) is 2.80. The van der Waals surface area contributed by atoms with Gasteiger partial charge in [0.05, 0.1) is 11.1 Å². The molecule has 4 saturated carbocycles. The van der Waals surface area contributed by atoms with E-state index < -0.39 is 0 Å². The van der Waals surface area contributed by atoms with Crippen LogP contribution in [0.4, 0.5) is 5.13 Å². The van der Waals surface area contributed by atoms with Gasteiger partial charge in [-0.2, -0.15) is 0 Å². The Balaban J connectivity index is 1.14. The highest BCUT2D eigenvalue weighted by Gasteiger charge is 2.57. The molecule has 0 N–H and O–H groups in total. The van der Waals surface area contributed by atoms with Crippen LogP contribution < -0.4 is 4.90 Å². The van der Waals surface area contributed by atoms with Crippen molar-refractivity contribution in [2.45, 2.75) is 70.8 Å². The number of rotatable bonds is 3. The van der Waals surface area contributed by atoms with Crippen LogP contribution in [0.1, 0.15) is 63.5 Å². The Labute approximate surface area is 195 Å². The third-order valence-electron chi connectivity index (χ3n) is 8.98. The number of hydrogen-bond donors (Lipinski definition) is 0. The van der Waals surface area contributed by atoms with E-state index in [0.717, 1.165) is 99.8 Å². The smallest absolute Gasteiger partial charge is 0.245 e. The molecule has 2 aliphatic heterocycles. The lowest BCUT2D eigenvalue weighted by Crippen LogP contribution is -2.57. The van der Waals surface area contributed by atoms with Crippen molar-refractivity contribution in [2.75, 3.05) is 37.6 Å². The average Bonchev–Trinajstić information content (AvgIpc) is 3.35. The molecule has 6 fully saturated rings. The zero-order valence-corrected chi connectivity index (χ0v) is 20.1. The fourth-order valence-electron chi connectivity index (χ4n) is 7.97. The zero-order chi connectivity index (χ0) is 21.9. The predicted molar refractivity (Wildman–Crippen MR) is 126 cm³/mol. The normalized spacial score (nSPS) is 36.6. The Kier molecular flexibility index (Phi) is 5.23. The Morgan fingerprint density at radius 3 is 2.34 bits per heavy atom. The van der Waals surface area contributed by atoms with Gasteiger partial charge in [0.1, 0.15) is 6.04 Å². The predicted octanol–water partition coefficient (Wildman–Crippen LogP) is 3.70. The van der Waals surface area contributed by atoms with Gasteiger partial charge >= 0.3 is 0 Å². The van der Waals surface area contributed by atoms with Gasteiger partial charge < -0.3 is 14.7 Å². The van der Waals surface area contributed by atoms with Crippen molar-refractivity contribution in [3.8, 4) is 0 Å². The second-order valence-corrected chi connectivity index (χ2v) is 12.1. The maximum atomic E-state index is 13.9. The van der Waals surface area contributed by atoms with E-state index in [2.05, 4.69) is 15.3 Å². The molecule has 7 heteroatoms. The van der Waals surface area contributed by atoms with E-state index in [1.54, 1.807) is 11.3 Å². The first-order valence-corrected chi connectivity index (χ1v) is 13.7. The summed E-state index contributed by atoms with van der Waals surface area (Å²) < 4.78 is 0. The highest BCUT2D eigenvalue weighted by atomic mass is 32.1. The molecule has 1 atom stereocenters. The Hall–Kier alpha value is -1.63. The lowest BCUT2D eigenvalue weighted by Gasteiger charge is -2.56. The van der Waals surface area contributed by atoms with Gasteiger partial charge in [0.2, 0.25) is 11.8 Å². The molecule has 1 aromatic rings. The summed E-state index contributed by atoms with van der Waals surface area (Å²) in [7, 11) is 0. The molecule has 2 saturated heterocycles. The van der Waals surface area contributed by atoms with Crippen LogP contribution in [0.5, 0.6) is 0 Å². The number of anilines is 1. The fraction of sp³-hybridized carbons (Fsp3) is 0.800. The van der Waals surface area contributed by atoms with E-state index in [9.17, 15) is 9.59 Å². The molecule has 7 rings (SSSR count). The summed E-state index contributed by atoms with van der Waals surface area (Å²) in [5, 5.41) is 3.16. The molecule has 4 bridgehead atoms. The molecule has 1 unspecified atom stereocenters. The van der Waals surface area contributed by atoms with E-state index in [1.165, 1.54) is 19.3 Å². The summed E-state index contributed by atoms with van der Waals surface area (Å²) in [6, 6.07) is -0.232. The van der Waals surface area contributed by atoms with Gasteiger partial charge in [-0.3, -0.25) is 9.59 Å². The van der Waals surface area contributed by atoms with Crippen LogP contribution >= 0.6 is 11.3 Å². The molecule has 0 spiro atoms. The summed E-state index contributed by atoms with van der Waals surface area (Å²) in [4.78, 5) is 38.6. The van der Waals surface area contributed by atoms with Crippen molar-refractivity contribution in [3.05, 3.63) is 11.1 Å². The topological polar surface area (TPSA) is 56.8 Å². The first-order chi connectivity index (χ1) is 15.5. The zero-order valence-electron chi connectivity index (χ0n) is 19.3. The maximum absolute atomic E-state index is 13.9. The number of nitrogens with zero attached hydrogens (tertiary/aromatic N) is 4. The first kappa shape index (κ1) is 20.9. The molecule has 4 aliphatic carbocycles. The van der Waals surface area contributed by atoms with Crippen LogP contribution in [-0.2, 0) is 9.59 Å². The molecule has 2 amide bonds. The molecule has 0 radical (unpaired) electrons. The number of amides is 2. The summed E-state index contributed by atoms with van der Waals surface area (Å²) in [6.45, 7) is 6.09. The highest BCUT2D eigenvalue weighted by Crippen LogP contribution is 2.60. The summed E-state index contributed by atoms with van der Waals surface area (Å²) in [5.41, 5.74) is 0.919. The number of likely N-dealkylation sites (tertiary alicyclic amines) is 1. The average molecular weight is 457 g/mol. The lowest BCUT2D eigenvalue weighted by atomic mass is 9.49. The highest BCUT2D eigenvalue weighted by molar-refractivity contribution is 7.13. The molecule has 0 aromatic carbocycles. The van der Waals surface area contributed by atoms with Crippen molar-refractivity contribution in [3.63, 3.8) is 0 Å². The molecule has 3 heterocycles. The van der Waals surface area contributed by atoms with Gasteiger partial charge in [0, 0.05) is 38.1 Å². The first-order valence-electron chi connectivity index (χ1n) is 12.8. The van der Waals surface area contributed by atoms with E-state index in [-0.39, 0.29) is 17.4 Å². The molecule has 174 valence electrons. The van der Waals surface area contributed by atoms with Crippen molar-refractivity contribution < 1.29 is 9.59 Å². The standard InChI is InChI=1S/C25H36N4O2S/c1-17-16-32-24(26-17)28-6-3-5-27(8-9-28)22(30)21-4-2-7-29(21)23(31)25-13-18-10-19(14-25)12-20(11-18)15-25/h16,18-21H,2-15H2,1H3. The second kappa shape index (κ2) is 8.00. The SMILES string of the molecule is Cc1csc(N2CCCN(C(=O)C3CCCN3C(=O)C34CC5CC(CC(C5)C3)C4)CC2)n1. The van der Waals surface area contributed by atoms with Crippen molar-refractivity contribution >= 4 is 28.3 Å². The minimum Gasteiger partial charge on any atom is -0.346 e. The molecular formula is C25H36N4O2S. The fourth-order valence-corrected chi connectivity index (χ4v) is 8.83. The number of aryl methyl sites for hydroxylation is 1. The minimum absolute atomic E-state index is 0.143. The number of carbonyl (C=O) groups is 2. The quantitative estimate of drug-likeness (QED) is 0.696. The van der Waals surface area contributed by atoms with Crippen LogP contribution in [0.3, 0.4) is 0 Å². The largest absolute Gasteiger partial charge is 0.346 e. The van der Waals surface area contributed by atoms with Crippen LogP contribution in [0.2, 0.25) is 0 Å². The third-order valence-corrected chi connectivity index (χ3v) is 9.99. The van der Waals surface area contributed by atoms with E-state index in [4.69, 9.17) is 0 Å². The Bertz CT molecular complexity index is 863. The molecule has 6 aliphatic rings. The van der Waals surface area contributed by atoms with Gasteiger partial charge in [-0.05, 0) is 82.5 Å². The van der Waals surface area contributed by atoms with E-state index in [1.807, 2.05) is 16.7 Å². The lowest BCUT2D eigenvalue weighted by molar-refractivity contribution is -0.162. The van der Waals surface area contributed by atoms with Crippen LogP contribution in [-0.4, -0.2) is 65.4 Å². The third kappa shape index (κ3) is 3.55. The Morgan fingerprint density at radius 1 is 0.969 bits per heavy atom. The van der Waals surface area contributed by atoms with Gasteiger partial charge in [0.15, 0.2) is 5.13 Å². The van der Waals surface area contributed by atoms with Crippen LogP contribution in [0.15, 0.2) is 5.38 Å². The maximum Gasteiger partial charge on any atom is 0.245 e. The Morgan fingerprint density at radius 2 is 1.69 bits per heavy atom. The van der Waals surface area contributed by atoms with Gasteiger partial charge in [0.25, 0.3) is 0 Å². The summed E-state index contributed by atoms with van der Waals surface area (Å²) >= 11 is 1.69. The molecule has 6 nitrogen and oxygen atoms in total. The number of carbonyl (C=O) groups excluding carboxylic acids is 2. The van der Waals surface area contributed by atoms with Crippen molar-refractivity contribution in [1.82, 2.24) is 14.8 Å². The second-order valence-electron chi connectivity index (χ2n) is 11.3. The summed E-state index contributed by atoms with van der Waals surface area (Å²) in [6.07, 6.45) is 10.0. The molecular weight excluding hydrogens is 420 g/mol. The number of aromatic nitrogens is 1. The van der Waals surface area contributed by atoms with Gasteiger partial charge in [-0.15, -0.1) is 11.3 Å². The monoisotopic (exact) mass is 456 g/mol. The molecule has 1 aromatic heterocycles. The minimum atomic E-state index is -0.232. The molecule has 32 heavy (non-hydrogen) atoms. The van der Waals surface area contributed by atoms with Crippen LogP contribution in [0.25, 0.3) is 0 Å². The van der Waals surface area contributed by atoms with Crippen molar-refractivity contribution in [2.24, 2.45) is 23.2 Å². The van der Waals surface area contributed by atoms with Gasteiger partial charge in [-0.1, -0.05) is 0 Å². The van der Waals surface area contributed by atoms with E-state index >= 15 is 0 Å². The van der Waals surface area contributed by atoms with Crippen molar-refractivity contribution in [1.29, 1.82) is 0 Å². The number of hydrogen-bond acceptors (Lipinski definition) is 5. The van der Waals surface area contributed by atoms with Crippen LogP contribution in [0, 0.1) is 30.1 Å².